The van der Waals surface area contributed by atoms with Gasteiger partial charge >= 0.3 is 5.97 Å². The molecule has 0 aliphatic carbocycles. The lowest BCUT2D eigenvalue weighted by Gasteiger charge is -2.08. The lowest BCUT2D eigenvalue weighted by atomic mass is 10.1. The molecule has 3 nitrogen and oxygen atoms in total. The fourth-order valence-corrected chi connectivity index (χ4v) is 2.04. The summed E-state index contributed by atoms with van der Waals surface area (Å²) in [6, 6.07) is 0. The van der Waals surface area contributed by atoms with Crippen LogP contribution in [0.4, 0.5) is 0 Å². The van der Waals surface area contributed by atoms with Crippen LogP contribution in [0.3, 0.4) is 0 Å². The van der Waals surface area contributed by atoms with Crippen molar-refractivity contribution >= 4 is 28.6 Å². The van der Waals surface area contributed by atoms with Gasteiger partial charge in [-0.25, -0.2) is 0 Å². The van der Waals surface area contributed by atoms with E-state index >= 15 is 0 Å². The van der Waals surface area contributed by atoms with Gasteiger partial charge in [0, 0.05) is 6.54 Å². The number of esters is 1. The van der Waals surface area contributed by atoms with Crippen molar-refractivity contribution in [1.82, 2.24) is 5.32 Å². The van der Waals surface area contributed by atoms with Gasteiger partial charge < -0.3 is 10.1 Å². The first-order valence-electron chi connectivity index (χ1n) is 6.15. The van der Waals surface area contributed by atoms with Crippen LogP contribution in [0.2, 0.25) is 0 Å². The summed E-state index contributed by atoms with van der Waals surface area (Å²) in [5.41, 5.74) is 0. The first-order valence-corrected chi connectivity index (χ1v) is 7.39. The van der Waals surface area contributed by atoms with E-state index in [1.807, 2.05) is 0 Å². The Kier molecular flexibility index (Phi) is 11.8. The Morgan fingerprint density at radius 3 is 2.50 bits per heavy atom. The van der Waals surface area contributed by atoms with Crippen molar-refractivity contribution in [1.29, 1.82) is 0 Å². The number of halogens is 1. The second-order valence-corrected chi connectivity index (χ2v) is 5.47. The van der Waals surface area contributed by atoms with Gasteiger partial charge in [0.15, 0.2) is 0 Å². The van der Waals surface area contributed by atoms with Gasteiger partial charge in [-0.1, -0.05) is 61.6 Å². The van der Waals surface area contributed by atoms with Gasteiger partial charge in [-0.2, -0.15) is 0 Å². The van der Waals surface area contributed by atoms with Gasteiger partial charge in [0.2, 0.25) is 0 Å². The van der Waals surface area contributed by atoms with Crippen LogP contribution in [0.1, 0.15) is 45.4 Å². The summed E-state index contributed by atoms with van der Waals surface area (Å²) in [6.45, 7) is 3.94. The predicted molar refractivity (Wildman–Crippen MR) is 76.1 cm³/mol. The lowest BCUT2D eigenvalue weighted by Crippen LogP contribution is -2.30. The number of nitrogens with one attached hydrogen (secondary N) is 1. The highest BCUT2D eigenvalue weighted by atomic mass is 127. The zero-order valence-corrected chi connectivity index (χ0v) is 12.6. The highest BCUT2D eigenvalue weighted by Crippen LogP contribution is 2.04. The molecule has 0 radical (unpaired) electrons. The summed E-state index contributed by atoms with van der Waals surface area (Å²) >= 11 is 2.11. The molecular formula is C12H24INO2. The quantitative estimate of drug-likeness (QED) is 0.287. The summed E-state index contributed by atoms with van der Waals surface area (Å²) in [5, 5.41) is 3.28. The summed E-state index contributed by atoms with van der Waals surface area (Å²) in [4.78, 5) is 11.1. The molecule has 4 heteroatoms. The van der Waals surface area contributed by atoms with E-state index in [1.54, 1.807) is 0 Å². The molecule has 0 rings (SSSR count). The number of alkyl halides is 1. The molecule has 0 aromatic rings. The molecule has 96 valence electrons. The Hall–Kier alpha value is 0.160. The van der Waals surface area contributed by atoms with E-state index in [4.69, 9.17) is 0 Å². The Bertz CT molecular complexity index is 176. The van der Waals surface area contributed by atoms with Gasteiger partial charge in [-0.05, 0) is 13.0 Å². The molecule has 0 aliphatic rings. The largest absolute Gasteiger partial charge is 0.468 e. The number of hydrogen-bond acceptors (Lipinski definition) is 3. The van der Waals surface area contributed by atoms with E-state index in [9.17, 15) is 4.79 Å². The number of unbranched alkanes of at least 4 members (excludes halogenated alkanes) is 5. The molecular weight excluding hydrogens is 317 g/mol. The Labute approximate surface area is 113 Å². The molecule has 0 bridgehead atoms. The number of carbonyl (C=O) groups excluding carboxylic acids is 1. The van der Waals surface area contributed by atoms with Gasteiger partial charge in [0.1, 0.15) is 3.92 Å². The van der Waals surface area contributed by atoms with Crippen LogP contribution in [-0.2, 0) is 9.53 Å². The van der Waals surface area contributed by atoms with E-state index in [-0.39, 0.29) is 9.89 Å². The Morgan fingerprint density at radius 2 is 1.88 bits per heavy atom. The number of hydrogen-bond donors (Lipinski definition) is 1. The summed E-state index contributed by atoms with van der Waals surface area (Å²) < 4.78 is 4.58. The molecule has 0 saturated heterocycles. The van der Waals surface area contributed by atoms with Crippen LogP contribution >= 0.6 is 22.6 Å². The third-order valence-corrected chi connectivity index (χ3v) is 3.44. The second-order valence-electron chi connectivity index (χ2n) is 3.96. The average Bonchev–Trinajstić information content (AvgIpc) is 2.31. The number of rotatable bonds is 10. The molecule has 0 heterocycles. The van der Waals surface area contributed by atoms with Crippen LogP contribution in [0.5, 0.6) is 0 Å². The summed E-state index contributed by atoms with van der Waals surface area (Å²) in [5.74, 6) is -0.143. The third-order valence-electron chi connectivity index (χ3n) is 2.49. The number of carbonyl (C=O) groups is 1. The van der Waals surface area contributed by atoms with Crippen molar-refractivity contribution in [2.75, 3.05) is 20.2 Å². The average molecular weight is 341 g/mol. The topological polar surface area (TPSA) is 38.3 Å². The van der Waals surface area contributed by atoms with Crippen molar-refractivity contribution in [2.45, 2.75) is 49.4 Å². The minimum Gasteiger partial charge on any atom is -0.468 e. The maximum atomic E-state index is 11.1. The zero-order chi connectivity index (χ0) is 12.2. The summed E-state index contributed by atoms with van der Waals surface area (Å²) in [7, 11) is 1.43. The first kappa shape index (κ1) is 16.2. The third kappa shape index (κ3) is 9.39. The minimum atomic E-state index is -0.143. The van der Waals surface area contributed by atoms with Gasteiger partial charge in [-0.15, -0.1) is 0 Å². The van der Waals surface area contributed by atoms with Crippen molar-refractivity contribution in [2.24, 2.45) is 0 Å². The molecule has 0 aromatic carbocycles. The number of methoxy groups -OCH3 is 1. The van der Waals surface area contributed by atoms with E-state index < -0.39 is 0 Å². The fourth-order valence-electron chi connectivity index (χ4n) is 1.47. The zero-order valence-electron chi connectivity index (χ0n) is 10.4. The maximum Gasteiger partial charge on any atom is 0.319 e. The van der Waals surface area contributed by atoms with Crippen molar-refractivity contribution in [3.63, 3.8) is 0 Å². The smallest absolute Gasteiger partial charge is 0.319 e. The first-order chi connectivity index (χ1) is 7.72. The van der Waals surface area contributed by atoms with Gasteiger partial charge in [-0.3, -0.25) is 4.79 Å². The SMILES string of the molecule is CCCCCCCCNCC(I)C(=O)OC. The van der Waals surface area contributed by atoms with Crippen LogP contribution in [0.15, 0.2) is 0 Å². The summed E-state index contributed by atoms with van der Waals surface area (Å²) in [6.07, 6.45) is 7.83. The van der Waals surface area contributed by atoms with E-state index in [2.05, 4.69) is 39.6 Å². The minimum absolute atomic E-state index is 0.0670. The normalized spacial score (nSPS) is 12.4. The molecule has 1 N–H and O–H groups in total. The monoisotopic (exact) mass is 341 g/mol. The highest BCUT2D eigenvalue weighted by Gasteiger charge is 2.13. The second kappa shape index (κ2) is 11.6. The van der Waals surface area contributed by atoms with Crippen molar-refractivity contribution in [3.05, 3.63) is 0 Å². The lowest BCUT2D eigenvalue weighted by molar-refractivity contribution is -0.139. The molecule has 0 spiro atoms. The molecule has 0 amide bonds. The predicted octanol–water partition coefficient (Wildman–Crippen LogP) is 2.91. The highest BCUT2D eigenvalue weighted by molar-refractivity contribution is 14.1. The van der Waals surface area contributed by atoms with Gasteiger partial charge in [0.25, 0.3) is 0 Å². The molecule has 1 unspecified atom stereocenters. The van der Waals surface area contributed by atoms with Crippen molar-refractivity contribution < 1.29 is 9.53 Å². The molecule has 0 saturated carbocycles. The number of ether oxygens (including phenoxy) is 1. The molecule has 1 atom stereocenters. The molecule has 0 aliphatic heterocycles. The maximum absolute atomic E-state index is 11.1. The van der Waals surface area contributed by atoms with Crippen LogP contribution in [0.25, 0.3) is 0 Å². The molecule has 16 heavy (non-hydrogen) atoms. The Balaban J connectivity index is 3.17. The fraction of sp³-hybridized carbons (Fsp3) is 0.917. The van der Waals surface area contributed by atoms with Crippen LogP contribution < -0.4 is 5.32 Å². The van der Waals surface area contributed by atoms with Crippen LogP contribution in [0, 0.1) is 0 Å². The van der Waals surface area contributed by atoms with E-state index in [0.717, 1.165) is 6.54 Å². The van der Waals surface area contributed by atoms with Crippen LogP contribution in [-0.4, -0.2) is 30.1 Å². The standard InChI is InChI=1S/C12H24INO2/c1-3-4-5-6-7-8-9-14-10-11(13)12(15)16-2/h11,14H,3-10H2,1-2H3. The van der Waals surface area contributed by atoms with Gasteiger partial charge in [0.05, 0.1) is 7.11 Å². The van der Waals surface area contributed by atoms with E-state index in [1.165, 1.54) is 45.6 Å². The Morgan fingerprint density at radius 1 is 1.25 bits per heavy atom. The van der Waals surface area contributed by atoms with E-state index in [0.29, 0.717) is 6.54 Å². The molecule has 0 aromatic heterocycles. The molecule has 0 fully saturated rings. The van der Waals surface area contributed by atoms with Crippen molar-refractivity contribution in [3.8, 4) is 0 Å².